The van der Waals surface area contributed by atoms with E-state index in [1.165, 1.54) is 10.6 Å². The summed E-state index contributed by atoms with van der Waals surface area (Å²) in [4.78, 5) is 18.2. The Kier molecular flexibility index (Phi) is 6.56. The van der Waals surface area contributed by atoms with Gasteiger partial charge in [-0.25, -0.2) is 5.01 Å². The highest BCUT2D eigenvalue weighted by Gasteiger charge is 2.32. The summed E-state index contributed by atoms with van der Waals surface area (Å²) in [5.41, 5.74) is 7.07. The Balaban J connectivity index is 1.40. The molecule has 0 spiro atoms. The maximum absolute atomic E-state index is 12.9. The molecule has 1 aromatic heterocycles. The third-order valence-corrected chi connectivity index (χ3v) is 5.60. The number of amides is 1. The number of carbonyl (C=O) groups is 1. The van der Waals surface area contributed by atoms with Crippen LogP contribution in [0.2, 0.25) is 5.02 Å². The summed E-state index contributed by atoms with van der Waals surface area (Å²) >= 11 is 6.00. The second kappa shape index (κ2) is 9.55. The zero-order chi connectivity index (χ0) is 23.4. The van der Waals surface area contributed by atoms with Gasteiger partial charge in [-0.1, -0.05) is 73.9 Å². The van der Waals surface area contributed by atoms with Gasteiger partial charge in [0.25, 0.3) is 5.91 Å². The molecule has 1 N–H and O–H groups in total. The van der Waals surface area contributed by atoms with Gasteiger partial charge < -0.3 is 9.25 Å². The molecule has 33 heavy (non-hydrogen) atoms. The molecule has 4 rings (SSSR count). The van der Waals surface area contributed by atoms with E-state index in [9.17, 15) is 4.79 Å². The van der Waals surface area contributed by atoms with Crippen molar-refractivity contribution in [2.75, 3.05) is 6.61 Å². The van der Waals surface area contributed by atoms with E-state index in [4.69, 9.17) is 20.9 Å². The lowest BCUT2D eigenvalue weighted by Gasteiger charge is -2.23. The number of benzene rings is 2. The van der Waals surface area contributed by atoms with Gasteiger partial charge in [-0.05, 0) is 52.4 Å². The Morgan fingerprint density at radius 1 is 1.15 bits per heavy atom. The lowest BCUT2D eigenvalue weighted by atomic mass is 9.87. The Labute approximate surface area is 198 Å². The van der Waals surface area contributed by atoms with Crippen molar-refractivity contribution < 1.29 is 14.0 Å². The summed E-state index contributed by atoms with van der Waals surface area (Å²) in [5.74, 6) is 0.360. The van der Waals surface area contributed by atoms with Crippen molar-refractivity contribution in [3.63, 3.8) is 0 Å². The number of rotatable bonds is 6. The zero-order valence-electron chi connectivity index (χ0n) is 18.8. The number of nitrogens with one attached hydrogen (secondary N) is 1. The molecule has 0 bridgehead atoms. The highest BCUT2D eigenvalue weighted by Crippen LogP contribution is 2.32. The first-order valence-electron chi connectivity index (χ1n) is 10.7. The van der Waals surface area contributed by atoms with Crippen molar-refractivity contribution in [1.82, 2.24) is 10.4 Å². The largest absolute Gasteiger partial charge is 0.467 e. The van der Waals surface area contributed by atoms with Crippen LogP contribution in [0.25, 0.3) is 5.70 Å². The predicted molar refractivity (Wildman–Crippen MR) is 130 cm³/mol. The molecule has 1 atom stereocenters. The summed E-state index contributed by atoms with van der Waals surface area (Å²) in [6.45, 7) is 6.28. The number of hydrogen-bond donors (Lipinski definition) is 1. The molecule has 7 heteroatoms. The van der Waals surface area contributed by atoms with E-state index in [2.05, 4.69) is 43.5 Å². The number of hydrazine groups is 1. The fourth-order valence-electron chi connectivity index (χ4n) is 3.47. The molecule has 2 heterocycles. The van der Waals surface area contributed by atoms with Gasteiger partial charge in [0.05, 0.1) is 18.2 Å². The molecule has 0 radical (unpaired) electrons. The first kappa shape index (κ1) is 22.7. The van der Waals surface area contributed by atoms with E-state index < -0.39 is 6.04 Å². The van der Waals surface area contributed by atoms with Crippen LogP contribution in [0, 0.1) is 0 Å². The third-order valence-electron chi connectivity index (χ3n) is 5.34. The second-order valence-electron chi connectivity index (χ2n) is 8.80. The maximum Gasteiger partial charge on any atom is 0.282 e. The second-order valence-corrected chi connectivity index (χ2v) is 9.24. The Hall–Kier alpha value is -3.51. The molecular weight excluding hydrogens is 438 g/mol. The minimum atomic E-state index is -0.407. The smallest absolute Gasteiger partial charge is 0.282 e. The minimum Gasteiger partial charge on any atom is -0.467 e. The van der Waals surface area contributed by atoms with Crippen LogP contribution in [0.3, 0.4) is 0 Å². The topological polar surface area (TPSA) is 67.1 Å². The van der Waals surface area contributed by atoms with Gasteiger partial charge in [-0.3, -0.25) is 10.2 Å². The lowest BCUT2D eigenvalue weighted by Crippen LogP contribution is -2.41. The van der Waals surface area contributed by atoms with E-state index in [1.807, 2.05) is 36.4 Å². The van der Waals surface area contributed by atoms with Gasteiger partial charge in [0.2, 0.25) is 0 Å². The summed E-state index contributed by atoms with van der Waals surface area (Å²) in [6, 6.07) is 18.7. The highest BCUT2D eigenvalue weighted by molar-refractivity contribution is 6.30. The van der Waals surface area contributed by atoms with Crippen LogP contribution in [-0.2, 0) is 15.0 Å². The summed E-state index contributed by atoms with van der Waals surface area (Å²) in [6.07, 6.45) is 5.11. The zero-order valence-corrected chi connectivity index (χ0v) is 19.5. The standard InChI is InChI=1S/C26H26ClN3O3/c1-26(2,3)20-10-6-18(7-11-20)16-28-33-17-25(31)30-23(24-5-4-14-32-24)15-22(29-30)19-8-12-21(27)13-9-19/h4-16,23,29H,17H2,1-3H3/t23-/m1/s1. The van der Waals surface area contributed by atoms with Crippen LogP contribution in [0.1, 0.15) is 49.3 Å². The summed E-state index contributed by atoms with van der Waals surface area (Å²) in [5, 5.41) is 6.09. The Bertz CT molecular complexity index is 1140. The first-order chi connectivity index (χ1) is 15.8. The molecule has 1 aliphatic heterocycles. The van der Waals surface area contributed by atoms with E-state index >= 15 is 0 Å². The fraction of sp³-hybridized carbons (Fsp3) is 0.231. The van der Waals surface area contributed by atoms with E-state index in [1.54, 1.807) is 30.7 Å². The van der Waals surface area contributed by atoms with Crippen molar-refractivity contribution >= 4 is 29.4 Å². The summed E-state index contributed by atoms with van der Waals surface area (Å²) in [7, 11) is 0. The molecule has 0 aliphatic carbocycles. The van der Waals surface area contributed by atoms with Gasteiger partial charge in [0, 0.05) is 5.02 Å². The van der Waals surface area contributed by atoms with Crippen LogP contribution >= 0.6 is 11.6 Å². The van der Waals surface area contributed by atoms with Gasteiger partial charge in [-0.15, -0.1) is 0 Å². The van der Waals surface area contributed by atoms with Crippen molar-refractivity contribution in [1.29, 1.82) is 0 Å². The van der Waals surface area contributed by atoms with Gasteiger partial charge in [-0.2, -0.15) is 0 Å². The Morgan fingerprint density at radius 2 is 1.88 bits per heavy atom. The van der Waals surface area contributed by atoms with Crippen LogP contribution in [0.4, 0.5) is 0 Å². The number of carbonyl (C=O) groups excluding carboxylic acids is 1. The highest BCUT2D eigenvalue weighted by atomic mass is 35.5. The van der Waals surface area contributed by atoms with Crippen LogP contribution in [-0.4, -0.2) is 23.7 Å². The van der Waals surface area contributed by atoms with Gasteiger partial charge in [0.15, 0.2) is 6.61 Å². The minimum absolute atomic E-state index is 0.0880. The van der Waals surface area contributed by atoms with E-state index in [0.717, 1.165) is 16.8 Å². The van der Waals surface area contributed by atoms with E-state index in [-0.39, 0.29) is 17.9 Å². The third kappa shape index (κ3) is 5.46. The van der Waals surface area contributed by atoms with Gasteiger partial charge in [0.1, 0.15) is 11.8 Å². The number of furan rings is 1. The number of halogens is 1. The van der Waals surface area contributed by atoms with Crippen molar-refractivity contribution in [2.24, 2.45) is 5.16 Å². The predicted octanol–water partition coefficient (Wildman–Crippen LogP) is 5.71. The average Bonchev–Trinajstić information content (AvgIpc) is 3.47. The van der Waals surface area contributed by atoms with E-state index in [0.29, 0.717) is 10.8 Å². The number of oxime groups is 1. The molecule has 2 aromatic carbocycles. The molecule has 170 valence electrons. The number of hydrogen-bond acceptors (Lipinski definition) is 5. The van der Waals surface area contributed by atoms with Crippen molar-refractivity contribution in [2.45, 2.75) is 32.2 Å². The molecule has 0 saturated carbocycles. The van der Waals surface area contributed by atoms with Crippen LogP contribution < -0.4 is 5.43 Å². The molecule has 0 unspecified atom stereocenters. The monoisotopic (exact) mass is 463 g/mol. The molecule has 1 amide bonds. The summed E-state index contributed by atoms with van der Waals surface area (Å²) < 4.78 is 5.55. The molecule has 1 aliphatic rings. The molecule has 6 nitrogen and oxygen atoms in total. The van der Waals surface area contributed by atoms with Crippen molar-refractivity contribution in [3.8, 4) is 0 Å². The molecule has 0 saturated heterocycles. The first-order valence-corrected chi connectivity index (χ1v) is 11.0. The number of nitrogens with zero attached hydrogens (tertiary/aromatic N) is 2. The lowest BCUT2D eigenvalue weighted by molar-refractivity contribution is -0.139. The maximum atomic E-state index is 12.9. The molecule has 0 fully saturated rings. The van der Waals surface area contributed by atoms with Crippen LogP contribution in [0.15, 0.2) is 82.6 Å². The fourth-order valence-corrected chi connectivity index (χ4v) is 3.60. The Morgan fingerprint density at radius 3 is 2.52 bits per heavy atom. The molecular formula is C26H26ClN3O3. The SMILES string of the molecule is CC(C)(C)c1ccc(C=NOCC(=O)N2NC(c3ccc(Cl)cc3)=C[C@@H]2c2ccco2)cc1. The average molecular weight is 464 g/mol. The quantitative estimate of drug-likeness (QED) is 0.375. The normalized spacial score (nSPS) is 16.1. The molecule has 3 aromatic rings. The van der Waals surface area contributed by atoms with Gasteiger partial charge >= 0.3 is 0 Å². The van der Waals surface area contributed by atoms with Crippen molar-refractivity contribution in [3.05, 3.63) is 100 Å². The van der Waals surface area contributed by atoms with Crippen LogP contribution in [0.5, 0.6) is 0 Å².